The molecule has 5 nitrogen and oxygen atoms in total. The third-order valence-corrected chi connectivity index (χ3v) is 5.63. The Bertz CT molecular complexity index is 925. The lowest BCUT2D eigenvalue weighted by atomic mass is 9.87. The van der Waals surface area contributed by atoms with Gasteiger partial charge in [-0.25, -0.2) is 0 Å². The molecule has 2 heterocycles. The predicted molar refractivity (Wildman–Crippen MR) is 110 cm³/mol. The standard InChI is InChI=1S/C23H26N2O3/c1-3-25(4-2)22(27)16-9-10-17(20(26)13-16)19-14-23(11-12-24-15-23)28-21-8-6-5-7-18(19)21/h5-10,13-14,24,26H,3-4,11-12,15H2,1-2H3. The van der Waals surface area contributed by atoms with Crippen LogP contribution < -0.4 is 10.1 Å². The molecule has 1 saturated heterocycles. The molecule has 2 aromatic rings. The summed E-state index contributed by atoms with van der Waals surface area (Å²) in [6.45, 7) is 6.83. The van der Waals surface area contributed by atoms with E-state index in [9.17, 15) is 9.90 Å². The van der Waals surface area contributed by atoms with Crippen molar-refractivity contribution < 1.29 is 14.6 Å². The summed E-state index contributed by atoms with van der Waals surface area (Å²) in [5.41, 5.74) is 2.73. The van der Waals surface area contributed by atoms with Gasteiger partial charge in [-0.15, -0.1) is 0 Å². The van der Waals surface area contributed by atoms with E-state index in [1.54, 1.807) is 17.0 Å². The second-order valence-corrected chi connectivity index (χ2v) is 7.36. The van der Waals surface area contributed by atoms with Crippen LogP contribution in [0.4, 0.5) is 0 Å². The number of hydrogen-bond acceptors (Lipinski definition) is 4. The number of fused-ring (bicyclic) bond motifs is 1. The summed E-state index contributed by atoms with van der Waals surface area (Å²) in [7, 11) is 0. The van der Waals surface area contributed by atoms with Crippen LogP contribution in [0.1, 0.15) is 41.8 Å². The van der Waals surface area contributed by atoms with Crippen molar-refractivity contribution in [1.29, 1.82) is 0 Å². The Morgan fingerprint density at radius 3 is 2.64 bits per heavy atom. The molecule has 2 aliphatic rings. The molecule has 28 heavy (non-hydrogen) atoms. The van der Waals surface area contributed by atoms with Crippen LogP contribution in [0.5, 0.6) is 11.5 Å². The first kappa shape index (κ1) is 18.6. The maximum atomic E-state index is 12.6. The van der Waals surface area contributed by atoms with E-state index in [2.05, 4.69) is 11.4 Å². The van der Waals surface area contributed by atoms with E-state index in [1.165, 1.54) is 0 Å². The van der Waals surface area contributed by atoms with Crippen molar-refractivity contribution in [3.05, 3.63) is 65.2 Å². The average Bonchev–Trinajstić information content (AvgIpc) is 3.15. The van der Waals surface area contributed by atoms with Crippen molar-refractivity contribution in [2.45, 2.75) is 25.9 Å². The molecule has 1 amide bonds. The normalized spacial score (nSPS) is 20.4. The minimum atomic E-state index is -0.397. The summed E-state index contributed by atoms with van der Waals surface area (Å²) in [5.74, 6) is 0.873. The molecule has 146 valence electrons. The molecular formula is C23H26N2O3. The Morgan fingerprint density at radius 1 is 1.18 bits per heavy atom. The Morgan fingerprint density at radius 2 is 1.96 bits per heavy atom. The number of benzene rings is 2. The van der Waals surface area contributed by atoms with Crippen LogP contribution in [0.15, 0.2) is 48.5 Å². The van der Waals surface area contributed by atoms with Gasteiger partial charge in [0.1, 0.15) is 17.1 Å². The molecule has 0 aromatic heterocycles. The Balaban J connectivity index is 1.77. The zero-order chi connectivity index (χ0) is 19.7. The quantitative estimate of drug-likeness (QED) is 0.856. The number of aromatic hydroxyl groups is 1. The second-order valence-electron chi connectivity index (χ2n) is 7.36. The van der Waals surface area contributed by atoms with Crippen molar-refractivity contribution in [2.24, 2.45) is 0 Å². The fraction of sp³-hybridized carbons (Fsp3) is 0.348. The number of phenolic OH excluding ortho intramolecular Hbond substituents is 1. The molecule has 1 fully saturated rings. The maximum absolute atomic E-state index is 12.6. The van der Waals surface area contributed by atoms with Crippen LogP contribution in [0.3, 0.4) is 0 Å². The highest BCUT2D eigenvalue weighted by molar-refractivity contribution is 5.96. The van der Waals surface area contributed by atoms with Crippen molar-refractivity contribution >= 4 is 11.5 Å². The van der Waals surface area contributed by atoms with Crippen LogP contribution in [0.2, 0.25) is 0 Å². The molecule has 2 aliphatic heterocycles. The van der Waals surface area contributed by atoms with Gasteiger partial charge < -0.3 is 20.1 Å². The largest absolute Gasteiger partial charge is 0.507 e. The van der Waals surface area contributed by atoms with Crippen molar-refractivity contribution in [3.63, 3.8) is 0 Å². The van der Waals surface area contributed by atoms with Crippen LogP contribution in [-0.4, -0.2) is 47.7 Å². The fourth-order valence-corrected chi connectivity index (χ4v) is 4.07. The minimum absolute atomic E-state index is 0.0651. The van der Waals surface area contributed by atoms with Crippen LogP contribution in [0.25, 0.3) is 5.57 Å². The molecule has 4 rings (SSSR count). The van der Waals surface area contributed by atoms with Gasteiger partial charge in [-0.05, 0) is 56.3 Å². The van der Waals surface area contributed by atoms with Gasteiger partial charge in [-0.2, -0.15) is 0 Å². The van der Waals surface area contributed by atoms with E-state index >= 15 is 0 Å². The Hall–Kier alpha value is -2.79. The number of phenols is 1. The Kier molecular flexibility index (Phi) is 4.85. The number of carbonyl (C=O) groups is 1. The summed E-state index contributed by atoms with van der Waals surface area (Å²) >= 11 is 0. The molecule has 1 atom stereocenters. The molecule has 1 unspecified atom stereocenters. The molecule has 0 aliphatic carbocycles. The van der Waals surface area contributed by atoms with Crippen molar-refractivity contribution in [1.82, 2.24) is 10.2 Å². The van der Waals surface area contributed by atoms with Crippen LogP contribution >= 0.6 is 0 Å². The van der Waals surface area contributed by atoms with Crippen molar-refractivity contribution in [3.8, 4) is 11.5 Å². The fourth-order valence-electron chi connectivity index (χ4n) is 4.07. The van der Waals surface area contributed by atoms with Gasteiger partial charge in [-0.3, -0.25) is 4.79 Å². The van der Waals surface area contributed by atoms with Crippen LogP contribution in [-0.2, 0) is 0 Å². The predicted octanol–water partition coefficient (Wildman–Crippen LogP) is 3.43. The highest BCUT2D eigenvalue weighted by Gasteiger charge is 2.38. The molecule has 1 spiro atoms. The van der Waals surface area contributed by atoms with Crippen LogP contribution in [0, 0.1) is 0 Å². The van der Waals surface area contributed by atoms with Gasteiger partial charge in [0.2, 0.25) is 0 Å². The lowest BCUT2D eigenvalue weighted by Gasteiger charge is -2.33. The molecule has 2 N–H and O–H groups in total. The van der Waals surface area contributed by atoms with E-state index in [1.807, 2.05) is 44.2 Å². The zero-order valence-electron chi connectivity index (χ0n) is 16.4. The smallest absolute Gasteiger partial charge is 0.253 e. The number of para-hydroxylation sites is 1. The summed E-state index contributed by atoms with van der Waals surface area (Å²) in [6, 6.07) is 13.1. The van der Waals surface area contributed by atoms with E-state index < -0.39 is 5.60 Å². The first-order valence-electron chi connectivity index (χ1n) is 9.91. The molecule has 0 radical (unpaired) electrons. The number of amides is 1. The van der Waals surface area contributed by atoms with Crippen molar-refractivity contribution in [2.75, 3.05) is 26.2 Å². The minimum Gasteiger partial charge on any atom is -0.507 e. The zero-order valence-corrected chi connectivity index (χ0v) is 16.4. The van der Waals surface area contributed by atoms with E-state index in [4.69, 9.17) is 4.74 Å². The third-order valence-electron chi connectivity index (χ3n) is 5.63. The SMILES string of the molecule is CCN(CC)C(=O)c1ccc(C2=CC3(CCNC3)Oc3ccccc32)c(O)c1. The van der Waals surface area contributed by atoms with Gasteiger partial charge in [0.05, 0.1) is 0 Å². The van der Waals surface area contributed by atoms with Gasteiger partial charge in [0, 0.05) is 42.7 Å². The number of nitrogens with zero attached hydrogens (tertiary/aromatic N) is 1. The summed E-state index contributed by atoms with van der Waals surface area (Å²) < 4.78 is 6.31. The molecule has 0 bridgehead atoms. The molecule has 0 saturated carbocycles. The maximum Gasteiger partial charge on any atom is 0.253 e. The molecule has 2 aromatic carbocycles. The van der Waals surface area contributed by atoms with Gasteiger partial charge in [0.25, 0.3) is 5.91 Å². The summed E-state index contributed by atoms with van der Waals surface area (Å²) in [6.07, 6.45) is 3.00. The first-order chi connectivity index (χ1) is 13.6. The molecule has 5 heteroatoms. The van der Waals surface area contributed by atoms with Gasteiger partial charge in [0.15, 0.2) is 0 Å². The second kappa shape index (κ2) is 7.32. The van der Waals surface area contributed by atoms with Gasteiger partial charge >= 0.3 is 0 Å². The monoisotopic (exact) mass is 378 g/mol. The number of rotatable bonds is 4. The first-order valence-corrected chi connectivity index (χ1v) is 9.91. The van der Waals surface area contributed by atoms with Gasteiger partial charge in [-0.1, -0.05) is 18.2 Å². The number of nitrogens with one attached hydrogen (secondary N) is 1. The molecular weight excluding hydrogens is 352 g/mol. The topological polar surface area (TPSA) is 61.8 Å². The number of ether oxygens (including phenoxy) is 1. The number of hydrogen-bond donors (Lipinski definition) is 2. The lowest BCUT2D eigenvalue weighted by molar-refractivity contribution is 0.0772. The lowest BCUT2D eigenvalue weighted by Crippen LogP contribution is -2.38. The third kappa shape index (κ3) is 3.16. The van der Waals surface area contributed by atoms with E-state index in [0.29, 0.717) is 18.7 Å². The average molecular weight is 378 g/mol. The van der Waals surface area contributed by atoms with E-state index in [-0.39, 0.29) is 11.7 Å². The summed E-state index contributed by atoms with van der Waals surface area (Å²) in [4.78, 5) is 14.4. The number of carbonyl (C=O) groups excluding carboxylic acids is 1. The van der Waals surface area contributed by atoms with E-state index in [0.717, 1.165) is 42.0 Å². The Labute approximate surface area is 165 Å². The summed E-state index contributed by atoms with van der Waals surface area (Å²) in [5, 5.41) is 14.2. The highest BCUT2D eigenvalue weighted by atomic mass is 16.5. The highest BCUT2D eigenvalue weighted by Crippen LogP contribution is 2.43.